The van der Waals surface area contributed by atoms with Crippen molar-refractivity contribution in [2.24, 2.45) is 5.41 Å². The number of rotatable bonds is 4. The first kappa shape index (κ1) is 15.5. The Morgan fingerprint density at radius 2 is 1.70 bits per heavy atom. The van der Waals surface area contributed by atoms with Crippen molar-refractivity contribution in [2.45, 2.75) is 53.5 Å². The highest BCUT2D eigenvalue weighted by Crippen LogP contribution is 2.30. The van der Waals surface area contributed by atoms with E-state index in [9.17, 15) is 0 Å². The van der Waals surface area contributed by atoms with Crippen molar-refractivity contribution in [1.29, 1.82) is 0 Å². The van der Waals surface area contributed by atoms with Crippen LogP contribution >= 0.6 is 0 Å². The highest BCUT2D eigenvalue weighted by atomic mass is 16.5. The van der Waals surface area contributed by atoms with E-state index in [1.807, 2.05) is 0 Å². The first-order chi connectivity index (χ1) is 9.41. The number of hydrogen-bond donors (Lipinski definition) is 1. The minimum absolute atomic E-state index is 0.389. The van der Waals surface area contributed by atoms with Crippen molar-refractivity contribution in [3.8, 4) is 0 Å². The van der Waals surface area contributed by atoms with E-state index in [-0.39, 0.29) is 0 Å². The minimum atomic E-state index is 0.389. The Morgan fingerprint density at radius 3 is 2.35 bits per heavy atom. The van der Waals surface area contributed by atoms with Crippen LogP contribution in [0.1, 0.15) is 55.0 Å². The van der Waals surface area contributed by atoms with Crippen LogP contribution < -0.4 is 5.32 Å². The summed E-state index contributed by atoms with van der Waals surface area (Å²) >= 11 is 0. The predicted octanol–water partition coefficient (Wildman–Crippen LogP) is 4.08. The first-order valence-electron chi connectivity index (χ1n) is 7.80. The van der Waals surface area contributed by atoms with Gasteiger partial charge in [0.2, 0.25) is 0 Å². The smallest absolute Gasteiger partial charge is 0.0471 e. The molecule has 1 aromatic rings. The third-order valence-electron chi connectivity index (χ3n) is 4.88. The van der Waals surface area contributed by atoms with E-state index >= 15 is 0 Å². The molecule has 0 amide bonds. The van der Waals surface area contributed by atoms with Crippen molar-refractivity contribution >= 4 is 0 Å². The Morgan fingerprint density at radius 1 is 1.10 bits per heavy atom. The minimum Gasteiger partial charge on any atom is -0.381 e. The molecule has 2 nitrogen and oxygen atoms in total. The highest BCUT2D eigenvalue weighted by molar-refractivity contribution is 5.38. The van der Waals surface area contributed by atoms with Gasteiger partial charge in [0.05, 0.1) is 0 Å². The van der Waals surface area contributed by atoms with E-state index in [0.717, 1.165) is 19.8 Å². The van der Waals surface area contributed by atoms with E-state index in [4.69, 9.17) is 4.74 Å². The van der Waals surface area contributed by atoms with Crippen molar-refractivity contribution in [3.05, 3.63) is 34.4 Å². The van der Waals surface area contributed by atoms with Crippen LogP contribution in [0.25, 0.3) is 0 Å². The molecular weight excluding hydrogens is 246 g/mol. The van der Waals surface area contributed by atoms with E-state index in [0.29, 0.717) is 11.5 Å². The third kappa shape index (κ3) is 3.62. The van der Waals surface area contributed by atoms with Gasteiger partial charge in [-0.2, -0.15) is 0 Å². The fourth-order valence-corrected chi connectivity index (χ4v) is 3.00. The summed E-state index contributed by atoms with van der Waals surface area (Å²) in [4.78, 5) is 0. The average molecular weight is 275 g/mol. The lowest BCUT2D eigenvalue weighted by molar-refractivity contribution is 0.0231. The summed E-state index contributed by atoms with van der Waals surface area (Å²) < 4.78 is 5.48. The number of aryl methyl sites for hydroxylation is 3. The molecule has 1 atom stereocenters. The molecule has 2 rings (SSSR count). The second-order valence-electron chi connectivity index (χ2n) is 6.82. The lowest BCUT2D eigenvalue weighted by atomic mass is 9.82. The number of hydrogen-bond acceptors (Lipinski definition) is 2. The maximum atomic E-state index is 5.48. The molecule has 1 aliphatic heterocycles. The maximum absolute atomic E-state index is 5.48. The van der Waals surface area contributed by atoms with Crippen LogP contribution in [0.4, 0.5) is 0 Å². The average Bonchev–Trinajstić information content (AvgIpc) is 2.41. The van der Waals surface area contributed by atoms with Crippen molar-refractivity contribution < 1.29 is 4.74 Å². The molecule has 0 aromatic heterocycles. The summed E-state index contributed by atoms with van der Waals surface area (Å²) in [5.74, 6) is 0. The van der Waals surface area contributed by atoms with Gasteiger partial charge in [-0.15, -0.1) is 0 Å². The van der Waals surface area contributed by atoms with Gasteiger partial charge in [0.15, 0.2) is 0 Å². The largest absolute Gasteiger partial charge is 0.381 e. The zero-order chi connectivity index (χ0) is 14.8. The van der Waals surface area contributed by atoms with Crippen LogP contribution in [0.15, 0.2) is 12.1 Å². The van der Waals surface area contributed by atoms with Gasteiger partial charge in [0.25, 0.3) is 0 Å². The predicted molar refractivity (Wildman–Crippen MR) is 85.2 cm³/mol. The van der Waals surface area contributed by atoms with E-state index < -0.39 is 0 Å². The van der Waals surface area contributed by atoms with Crippen LogP contribution in [-0.4, -0.2) is 19.8 Å². The summed E-state index contributed by atoms with van der Waals surface area (Å²) in [5, 5.41) is 3.74. The Hall–Kier alpha value is -0.860. The zero-order valence-electron chi connectivity index (χ0n) is 13.7. The summed E-state index contributed by atoms with van der Waals surface area (Å²) in [6, 6.07) is 5.06. The molecule has 0 aliphatic carbocycles. The van der Waals surface area contributed by atoms with Gasteiger partial charge in [0.1, 0.15) is 0 Å². The molecule has 0 spiro atoms. The molecule has 20 heavy (non-hydrogen) atoms. The molecule has 0 radical (unpaired) electrons. The van der Waals surface area contributed by atoms with Gasteiger partial charge in [-0.25, -0.2) is 0 Å². The van der Waals surface area contributed by atoms with Gasteiger partial charge < -0.3 is 10.1 Å². The zero-order valence-corrected chi connectivity index (χ0v) is 13.7. The quantitative estimate of drug-likeness (QED) is 0.894. The fourth-order valence-electron chi connectivity index (χ4n) is 3.00. The molecular formula is C18H29NO. The standard InChI is InChI=1S/C18H29NO/c1-13-10-15(3)17(11-14(13)2)16(4)19-12-18(5)6-8-20-9-7-18/h10-11,16,19H,6-9,12H2,1-5H3. The Bertz CT molecular complexity index is 461. The summed E-state index contributed by atoms with van der Waals surface area (Å²) in [6.45, 7) is 14.2. The van der Waals surface area contributed by atoms with E-state index in [1.54, 1.807) is 0 Å². The second kappa shape index (κ2) is 6.28. The van der Waals surface area contributed by atoms with Gasteiger partial charge >= 0.3 is 0 Å². The molecule has 1 fully saturated rings. The molecule has 112 valence electrons. The number of ether oxygens (including phenoxy) is 1. The van der Waals surface area contributed by atoms with Crippen molar-refractivity contribution in [2.75, 3.05) is 19.8 Å². The van der Waals surface area contributed by atoms with Crippen molar-refractivity contribution in [3.63, 3.8) is 0 Å². The molecule has 1 aromatic carbocycles. The highest BCUT2D eigenvalue weighted by Gasteiger charge is 2.27. The molecule has 2 heteroatoms. The summed E-state index contributed by atoms with van der Waals surface area (Å²) in [6.07, 6.45) is 2.33. The number of nitrogens with one attached hydrogen (secondary N) is 1. The first-order valence-corrected chi connectivity index (χ1v) is 7.80. The Labute approximate surface area is 123 Å². The molecule has 1 saturated heterocycles. The van der Waals surface area contributed by atoms with Crippen LogP contribution in [0, 0.1) is 26.2 Å². The van der Waals surface area contributed by atoms with Gasteiger partial charge in [-0.05, 0) is 68.2 Å². The molecule has 1 N–H and O–H groups in total. The summed E-state index contributed by atoms with van der Waals surface area (Å²) in [7, 11) is 0. The topological polar surface area (TPSA) is 21.3 Å². The van der Waals surface area contributed by atoms with Crippen LogP contribution in [0.3, 0.4) is 0 Å². The van der Waals surface area contributed by atoms with Crippen molar-refractivity contribution in [1.82, 2.24) is 5.32 Å². The van der Waals surface area contributed by atoms with Crippen LogP contribution in [-0.2, 0) is 4.74 Å². The molecule has 1 aliphatic rings. The molecule has 1 heterocycles. The maximum Gasteiger partial charge on any atom is 0.0471 e. The third-order valence-corrected chi connectivity index (χ3v) is 4.88. The van der Waals surface area contributed by atoms with Gasteiger partial charge in [-0.3, -0.25) is 0 Å². The normalized spacial score (nSPS) is 19.9. The molecule has 0 bridgehead atoms. The van der Waals surface area contributed by atoms with Gasteiger partial charge in [0, 0.05) is 25.8 Å². The fraction of sp³-hybridized carbons (Fsp3) is 0.667. The van der Waals surface area contributed by atoms with E-state index in [2.05, 4.69) is 52.1 Å². The molecule has 0 saturated carbocycles. The van der Waals surface area contributed by atoms with Crippen LogP contribution in [0.5, 0.6) is 0 Å². The monoisotopic (exact) mass is 275 g/mol. The molecule has 1 unspecified atom stereocenters. The summed E-state index contributed by atoms with van der Waals surface area (Å²) in [5.41, 5.74) is 5.99. The Balaban J connectivity index is 2.01. The van der Waals surface area contributed by atoms with Crippen LogP contribution in [0.2, 0.25) is 0 Å². The lowest BCUT2D eigenvalue weighted by Crippen LogP contribution is -2.37. The second-order valence-corrected chi connectivity index (χ2v) is 6.82. The van der Waals surface area contributed by atoms with E-state index in [1.165, 1.54) is 35.1 Å². The lowest BCUT2D eigenvalue weighted by Gasteiger charge is -2.35. The number of benzene rings is 1. The SMILES string of the molecule is Cc1cc(C)c(C(C)NCC2(C)CCOCC2)cc1C. The Kier molecular flexibility index (Phi) is 4.87. The van der Waals surface area contributed by atoms with Gasteiger partial charge in [-0.1, -0.05) is 19.1 Å².